The Kier molecular flexibility index (Phi) is 36.0. The van der Waals surface area contributed by atoms with Crippen LogP contribution in [-0.4, -0.2) is 61.0 Å². The number of carbonyl (C=O) groups is 4. The van der Waals surface area contributed by atoms with Crippen LogP contribution in [0.2, 0.25) is 0 Å². The number of amides is 3. The summed E-state index contributed by atoms with van der Waals surface area (Å²) in [5, 5.41) is 21.8. The number of nitrogens with zero attached hydrogens (tertiary/aromatic N) is 1. The minimum absolute atomic E-state index is 0.0338. The highest BCUT2D eigenvalue weighted by atomic mass is 16.5. The molecule has 1 aromatic carbocycles. The molecular formula is C30H54N8O6. The fourth-order valence-electron chi connectivity index (χ4n) is 2.26. The predicted octanol–water partition coefficient (Wildman–Crippen LogP) is 3.44. The largest absolute Gasteiger partial charge is 0.481 e. The third kappa shape index (κ3) is 39.3. The van der Waals surface area contributed by atoms with E-state index in [9.17, 15) is 19.2 Å². The highest BCUT2D eigenvalue weighted by Gasteiger charge is 2.07. The number of hydrogen-bond donors (Lipinski definition) is 8. The first kappa shape index (κ1) is 46.1. The van der Waals surface area contributed by atoms with E-state index in [1.807, 2.05) is 46.8 Å². The van der Waals surface area contributed by atoms with E-state index in [4.69, 9.17) is 27.7 Å². The minimum Gasteiger partial charge on any atom is -0.481 e. The molecule has 44 heavy (non-hydrogen) atoms. The van der Waals surface area contributed by atoms with E-state index in [0.717, 1.165) is 18.4 Å². The molecule has 3 amide bonds. The number of nitrogens with one attached hydrogen (secondary N) is 4. The van der Waals surface area contributed by atoms with Gasteiger partial charge in [0.1, 0.15) is 6.54 Å². The molecule has 0 aromatic heterocycles. The summed E-state index contributed by atoms with van der Waals surface area (Å²) in [5.74, 6) is -1.39. The Balaban J connectivity index is -0.000000324. The van der Waals surface area contributed by atoms with Crippen molar-refractivity contribution in [1.29, 1.82) is 5.41 Å². The van der Waals surface area contributed by atoms with Gasteiger partial charge < -0.3 is 43.0 Å². The van der Waals surface area contributed by atoms with E-state index in [-0.39, 0.29) is 37.3 Å². The van der Waals surface area contributed by atoms with Gasteiger partial charge in [-0.25, -0.2) is 9.79 Å². The molecule has 14 nitrogen and oxygen atoms in total. The molecule has 0 aliphatic rings. The summed E-state index contributed by atoms with van der Waals surface area (Å²) < 4.78 is 4.31. The van der Waals surface area contributed by atoms with Gasteiger partial charge in [0.15, 0.2) is 5.96 Å². The van der Waals surface area contributed by atoms with Gasteiger partial charge in [0.2, 0.25) is 11.8 Å². The monoisotopic (exact) mass is 622 g/mol. The lowest BCUT2D eigenvalue weighted by molar-refractivity contribution is -0.137. The Morgan fingerprint density at radius 1 is 0.909 bits per heavy atom. The highest BCUT2D eigenvalue weighted by Crippen LogP contribution is 2.12. The van der Waals surface area contributed by atoms with Crippen LogP contribution in [-0.2, 0) is 25.7 Å². The van der Waals surface area contributed by atoms with Crippen LogP contribution in [0.5, 0.6) is 0 Å². The normalized spacial score (nSPS) is 9.16. The standard InChI is InChI=1S/C14H20N6O4.C5H10N2.C5H10.C4H8O2.C2H6/c1-24-14(23)19-8-12(22)18-7-11(21)17-6-9-2-4-10(5-3-9)20-13(15)16;1-2-3-4-5(6)7;1-3-5-4-2;1-2-3-4(5)6;1-2/h2-5H,6-8H2,1H3,(H,17,21)(H,18,22)(H,19,23)(H4,15,16,20);2-3H,4H2,1H3,(H3,6,7);3,5H,4H2,1-2H3;2-3H2,1H3,(H,5,6);1-2H3/b;3-2+;5-3-;;. The molecule has 250 valence electrons. The molecule has 0 saturated carbocycles. The number of carboxylic acids is 1. The molecule has 0 bridgehead atoms. The summed E-state index contributed by atoms with van der Waals surface area (Å²) in [6, 6.07) is 6.95. The number of carboxylic acid groups (broad SMARTS) is 1. The quantitative estimate of drug-likeness (QED) is 0.0964. The molecule has 0 atom stereocenters. The Labute approximate surface area is 262 Å². The topological polar surface area (TPSA) is 248 Å². The van der Waals surface area contributed by atoms with E-state index >= 15 is 0 Å². The van der Waals surface area contributed by atoms with Gasteiger partial charge in [-0.2, -0.15) is 0 Å². The maximum Gasteiger partial charge on any atom is 0.407 e. The van der Waals surface area contributed by atoms with Crippen LogP contribution in [0.15, 0.2) is 53.6 Å². The first-order valence-electron chi connectivity index (χ1n) is 14.2. The molecule has 0 spiro atoms. The van der Waals surface area contributed by atoms with Crippen molar-refractivity contribution in [2.75, 3.05) is 20.2 Å². The molecule has 0 unspecified atom stereocenters. The zero-order valence-corrected chi connectivity index (χ0v) is 27.2. The molecule has 0 saturated heterocycles. The number of allylic oxidation sites excluding steroid dienone is 3. The fourth-order valence-corrected chi connectivity index (χ4v) is 2.26. The number of alkyl carbamates (subject to hydrolysis) is 1. The van der Waals surface area contributed by atoms with Crippen LogP contribution in [0.25, 0.3) is 0 Å². The van der Waals surface area contributed by atoms with Crippen molar-refractivity contribution in [2.24, 2.45) is 22.2 Å². The highest BCUT2D eigenvalue weighted by molar-refractivity contribution is 5.87. The number of methoxy groups -OCH3 is 1. The van der Waals surface area contributed by atoms with Crippen LogP contribution in [0.3, 0.4) is 0 Å². The van der Waals surface area contributed by atoms with Crippen LogP contribution in [0.4, 0.5) is 10.5 Å². The molecule has 0 heterocycles. The molecule has 1 rings (SSSR count). The van der Waals surface area contributed by atoms with Gasteiger partial charge >= 0.3 is 12.1 Å². The lowest BCUT2D eigenvalue weighted by Gasteiger charge is -2.08. The molecule has 0 aliphatic carbocycles. The van der Waals surface area contributed by atoms with Crippen LogP contribution in [0, 0.1) is 5.41 Å². The average molecular weight is 623 g/mol. The summed E-state index contributed by atoms with van der Waals surface area (Å²) in [4.78, 5) is 47.3. The summed E-state index contributed by atoms with van der Waals surface area (Å²) in [7, 11) is 1.19. The second-order valence-corrected chi connectivity index (χ2v) is 8.02. The molecule has 0 aliphatic heterocycles. The molecule has 0 radical (unpaired) electrons. The van der Waals surface area contributed by atoms with Crippen molar-refractivity contribution in [3.8, 4) is 0 Å². The smallest absolute Gasteiger partial charge is 0.407 e. The van der Waals surface area contributed by atoms with Gasteiger partial charge in [-0.1, -0.05) is 64.1 Å². The zero-order valence-electron chi connectivity index (χ0n) is 27.2. The predicted molar refractivity (Wildman–Crippen MR) is 178 cm³/mol. The molecule has 1 aromatic rings. The summed E-state index contributed by atoms with van der Waals surface area (Å²) in [5.41, 5.74) is 17.0. The van der Waals surface area contributed by atoms with Crippen molar-refractivity contribution in [1.82, 2.24) is 16.0 Å². The third-order valence-corrected chi connectivity index (χ3v) is 4.22. The molecule has 11 N–H and O–H groups in total. The van der Waals surface area contributed by atoms with Gasteiger partial charge in [-0.3, -0.25) is 19.8 Å². The van der Waals surface area contributed by atoms with Gasteiger partial charge in [0, 0.05) is 19.4 Å². The van der Waals surface area contributed by atoms with Crippen LogP contribution in [0.1, 0.15) is 72.8 Å². The Morgan fingerprint density at radius 2 is 1.43 bits per heavy atom. The van der Waals surface area contributed by atoms with Crippen molar-refractivity contribution in [3.05, 3.63) is 54.1 Å². The van der Waals surface area contributed by atoms with Crippen molar-refractivity contribution >= 4 is 41.4 Å². The lowest BCUT2D eigenvalue weighted by atomic mass is 10.2. The number of nitrogens with two attached hydrogens (primary N) is 3. The number of aliphatic imine (C=N–C) groups is 1. The van der Waals surface area contributed by atoms with Crippen LogP contribution >= 0.6 is 0 Å². The Morgan fingerprint density at radius 3 is 1.77 bits per heavy atom. The summed E-state index contributed by atoms with van der Waals surface area (Å²) in [6.45, 7) is 11.7. The van der Waals surface area contributed by atoms with Crippen molar-refractivity contribution < 1.29 is 29.0 Å². The maximum atomic E-state index is 11.6. The Hall–Kier alpha value is -4.88. The number of ether oxygens (including phenoxy) is 1. The number of aliphatic carboxylic acids is 1. The van der Waals surface area contributed by atoms with Crippen molar-refractivity contribution in [2.45, 2.75) is 73.8 Å². The number of hydrogen-bond acceptors (Lipinski definition) is 7. The maximum absolute atomic E-state index is 11.6. The first-order valence-corrected chi connectivity index (χ1v) is 14.2. The first-order chi connectivity index (χ1) is 20.9. The van der Waals surface area contributed by atoms with Gasteiger partial charge in [0.25, 0.3) is 0 Å². The third-order valence-electron chi connectivity index (χ3n) is 4.22. The Bertz CT molecular complexity index is 1010. The number of guanidine groups is 1. The van der Waals surface area contributed by atoms with Gasteiger partial charge in [-0.05, 0) is 44.4 Å². The number of carbonyl (C=O) groups excluding carboxylic acids is 3. The SMILES string of the molecule is C/C=C/CC(=N)N.C/C=C\CC.CC.CCCC(=O)O.COC(=O)NCC(=O)NCC(=O)NCc1ccc(N=C(N)N)cc1. The molecule has 0 fully saturated rings. The second-order valence-electron chi connectivity index (χ2n) is 8.02. The minimum atomic E-state index is -0.723. The van der Waals surface area contributed by atoms with E-state index in [1.54, 1.807) is 24.3 Å². The van der Waals surface area contributed by atoms with E-state index in [0.29, 0.717) is 18.5 Å². The zero-order chi connectivity index (χ0) is 34.8. The van der Waals surface area contributed by atoms with E-state index in [2.05, 4.69) is 44.8 Å². The fraction of sp³-hybridized carbons (Fsp3) is 0.467. The summed E-state index contributed by atoms with van der Waals surface area (Å²) in [6.07, 6.45) is 9.95. The number of rotatable bonds is 12. The summed E-state index contributed by atoms with van der Waals surface area (Å²) >= 11 is 0. The van der Waals surface area contributed by atoms with Gasteiger partial charge in [-0.15, -0.1) is 0 Å². The molecule has 14 heteroatoms. The number of amidine groups is 1. The average Bonchev–Trinajstić information content (AvgIpc) is 2.99. The van der Waals surface area contributed by atoms with Crippen molar-refractivity contribution in [3.63, 3.8) is 0 Å². The van der Waals surface area contributed by atoms with Crippen LogP contribution < -0.4 is 33.2 Å². The van der Waals surface area contributed by atoms with E-state index in [1.165, 1.54) is 7.11 Å². The van der Waals surface area contributed by atoms with Gasteiger partial charge in [0.05, 0.1) is 25.2 Å². The van der Waals surface area contributed by atoms with E-state index < -0.39 is 18.0 Å². The number of benzene rings is 1. The lowest BCUT2D eigenvalue weighted by Crippen LogP contribution is -2.41. The second kappa shape index (κ2) is 34.3. The molecular weight excluding hydrogens is 568 g/mol.